The Morgan fingerprint density at radius 3 is 2.30 bits per heavy atom. The van der Waals surface area contributed by atoms with E-state index in [9.17, 15) is 10.1 Å². The summed E-state index contributed by atoms with van der Waals surface area (Å²) in [5.74, 6) is 0.158. The van der Waals surface area contributed by atoms with E-state index in [-0.39, 0.29) is 17.4 Å². The molecule has 1 aliphatic rings. The van der Waals surface area contributed by atoms with Gasteiger partial charge in [-0.25, -0.2) is 0 Å². The third-order valence-electron chi connectivity index (χ3n) is 3.79. The molecule has 0 radical (unpaired) electrons. The van der Waals surface area contributed by atoms with Crippen LogP contribution in [-0.4, -0.2) is 35.7 Å². The fraction of sp³-hybridized carbons (Fsp3) is 0.333. The van der Waals surface area contributed by atoms with E-state index in [4.69, 9.17) is 9.47 Å². The molecule has 23 heavy (non-hydrogen) atoms. The zero-order chi connectivity index (χ0) is 16.4. The summed E-state index contributed by atoms with van der Waals surface area (Å²) < 4.78 is 10.1. The Morgan fingerprint density at radius 2 is 1.74 bits per heavy atom. The standard InChI is InChI=1S/C15H16N4O4/c1-22-13-12(19(20)21)14(23-2)17-15(16-13)18-8-7-10-5-3-4-6-11(10)9-18/h3-6H,7-9H2,1-2H3. The summed E-state index contributed by atoms with van der Waals surface area (Å²) in [5, 5.41) is 11.2. The first-order chi connectivity index (χ1) is 11.1. The maximum absolute atomic E-state index is 11.2. The van der Waals surface area contributed by atoms with Crippen molar-refractivity contribution in [2.75, 3.05) is 25.7 Å². The highest BCUT2D eigenvalue weighted by atomic mass is 16.6. The lowest BCUT2D eigenvalue weighted by atomic mass is 10.0. The third kappa shape index (κ3) is 2.75. The van der Waals surface area contributed by atoms with Gasteiger partial charge in [0.05, 0.1) is 19.1 Å². The fourth-order valence-electron chi connectivity index (χ4n) is 2.65. The van der Waals surface area contributed by atoms with Gasteiger partial charge in [-0.3, -0.25) is 10.1 Å². The van der Waals surface area contributed by atoms with Gasteiger partial charge in [-0.05, 0) is 17.5 Å². The Balaban J connectivity index is 1.99. The molecule has 0 fully saturated rings. The van der Waals surface area contributed by atoms with E-state index in [0.717, 1.165) is 13.0 Å². The van der Waals surface area contributed by atoms with Crippen molar-refractivity contribution in [2.45, 2.75) is 13.0 Å². The smallest absolute Gasteiger partial charge is 0.392 e. The van der Waals surface area contributed by atoms with Crippen molar-refractivity contribution in [1.29, 1.82) is 0 Å². The highest BCUT2D eigenvalue weighted by Gasteiger charge is 2.29. The fourth-order valence-corrected chi connectivity index (χ4v) is 2.65. The Hall–Kier alpha value is -2.90. The molecule has 3 rings (SSSR count). The second kappa shape index (κ2) is 6.07. The minimum atomic E-state index is -0.604. The Bertz CT molecular complexity index is 725. The van der Waals surface area contributed by atoms with Crippen LogP contribution in [0.3, 0.4) is 0 Å². The molecule has 0 amide bonds. The van der Waals surface area contributed by atoms with Crippen LogP contribution in [0.5, 0.6) is 11.8 Å². The van der Waals surface area contributed by atoms with E-state index in [1.165, 1.54) is 25.3 Å². The van der Waals surface area contributed by atoms with Gasteiger partial charge < -0.3 is 14.4 Å². The highest BCUT2D eigenvalue weighted by molar-refractivity contribution is 5.54. The molecule has 120 valence electrons. The first-order valence-electron chi connectivity index (χ1n) is 7.10. The molecule has 0 N–H and O–H groups in total. The number of anilines is 1. The number of hydrogen-bond donors (Lipinski definition) is 0. The van der Waals surface area contributed by atoms with E-state index in [0.29, 0.717) is 12.5 Å². The predicted molar refractivity (Wildman–Crippen MR) is 83.0 cm³/mol. The molecule has 0 bridgehead atoms. The minimum Gasteiger partial charge on any atom is -0.476 e. The van der Waals surface area contributed by atoms with Crippen molar-refractivity contribution in [3.63, 3.8) is 0 Å². The summed E-state index contributed by atoms with van der Waals surface area (Å²) in [6.45, 7) is 1.36. The van der Waals surface area contributed by atoms with E-state index in [1.54, 1.807) is 0 Å². The largest absolute Gasteiger partial charge is 0.476 e. The van der Waals surface area contributed by atoms with E-state index in [1.807, 2.05) is 17.0 Å². The quantitative estimate of drug-likeness (QED) is 0.629. The van der Waals surface area contributed by atoms with Crippen LogP contribution in [0.2, 0.25) is 0 Å². The van der Waals surface area contributed by atoms with Crippen LogP contribution < -0.4 is 14.4 Å². The summed E-state index contributed by atoms with van der Waals surface area (Å²) in [5.41, 5.74) is 2.12. The number of ether oxygens (including phenoxy) is 2. The number of nitro groups is 1. The molecular weight excluding hydrogens is 300 g/mol. The van der Waals surface area contributed by atoms with Gasteiger partial charge in [0, 0.05) is 13.1 Å². The monoisotopic (exact) mass is 316 g/mol. The Kier molecular flexibility index (Phi) is 3.96. The van der Waals surface area contributed by atoms with Crippen LogP contribution in [-0.2, 0) is 13.0 Å². The van der Waals surface area contributed by atoms with Crippen molar-refractivity contribution in [3.05, 3.63) is 45.5 Å². The van der Waals surface area contributed by atoms with Gasteiger partial charge in [0.1, 0.15) is 0 Å². The molecule has 8 nitrogen and oxygen atoms in total. The van der Waals surface area contributed by atoms with Crippen LogP contribution in [0.15, 0.2) is 24.3 Å². The van der Waals surface area contributed by atoms with Crippen molar-refractivity contribution < 1.29 is 14.4 Å². The number of hydrogen-bond acceptors (Lipinski definition) is 7. The van der Waals surface area contributed by atoms with Crippen LogP contribution in [0.1, 0.15) is 11.1 Å². The molecule has 0 atom stereocenters. The minimum absolute atomic E-state index is 0.101. The zero-order valence-corrected chi connectivity index (χ0v) is 12.9. The van der Waals surface area contributed by atoms with E-state index in [2.05, 4.69) is 22.1 Å². The summed E-state index contributed by atoms with van der Waals surface area (Å²) in [7, 11) is 2.67. The molecule has 0 aliphatic carbocycles. The normalized spacial score (nSPS) is 13.4. The first kappa shape index (κ1) is 15.0. The van der Waals surface area contributed by atoms with Gasteiger partial charge in [-0.2, -0.15) is 9.97 Å². The lowest BCUT2D eigenvalue weighted by Gasteiger charge is -2.28. The molecular formula is C15H16N4O4. The molecule has 1 aliphatic heterocycles. The lowest BCUT2D eigenvalue weighted by Crippen LogP contribution is -2.32. The molecule has 1 aromatic carbocycles. The molecule has 2 heterocycles. The Labute approximate surface area is 132 Å². The highest BCUT2D eigenvalue weighted by Crippen LogP contribution is 2.36. The van der Waals surface area contributed by atoms with Gasteiger partial charge in [0.25, 0.3) is 0 Å². The molecule has 0 saturated heterocycles. The van der Waals surface area contributed by atoms with Gasteiger partial charge in [0.2, 0.25) is 5.95 Å². The maximum Gasteiger partial charge on any atom is 0.392 e. The number of methoxy groups -OCH3 is 2. The topological polar surface area (TPSA) is 90.6 Å². The number of fused-ring (bicyclic) bond motifs is 1. The number of benzene rings is 1. The van der Waals surface area contributed by atoms with Crippen molar-refractivity contribution >= 4 is 11.6 Å². The maximum atomic E-state index is 11.2. The molecule has 1 aromatic heterocycles. The van der Waals surface area contributed by atoms with Crippen molar-refractivity contribution in [1.82, 2.24) is 9.97 Å². The molecule has 2 aromatic rings. The third-order valence-corrected chi connectivity index (χ3v) is 3.79. The van der Waals surface area contributed by atoms with E-state index < -0.39 is 4.92 Å². The van der Waals surface area contributed by atoms with Crippen LogP contribution in [0.4, 0.5) is 11.6 Å². The number of rotatable bonds is 4. The average Bonchev–Trinajstić information content (AvgIpc) is 2.59. The van der Waals surface area contributed by atoms with Crippen LogP contribution in [0, 0.1) is 10.1 Å². The summed E-state index contributed by atoms with van der Waals surface area (Å²) in [6.07, 6.45) is 0.862. The number of nitrogens with zero attached hydrogens (tertiary/aromatic N) is 4. The molecule has 0 saturated carbocycles. The van der Waals surface area contributed by atoms with Crippen LogP contribution in [0.25, 0.3) is 0 Å². The second-order valence-electron chi connectivity index (χ2n) is 5.09. The van der Waals surface area contributed by atoms with Crippen molar-refractivity contribution in [3.8, 4) is 11.8 Å². The van der Waals surface area contributed by atoms with Crippen molar-refractivity contribution in [2.24, 2.45) is 0 Å². The SMILES string of the molecule is COc1nc(N2CCc3ccccc3C2)nc(OC)c1[N+](=O)[O-]. The average molecular weight is 316 g/mol. The van der Waals surface area contributed by atoms with Crippen LogP contribution >= 0.6 is 0 Å². The zero-order valence-electron chi connectivity index (χ0n) is 12.9. The second-order valence-corrected chi connectivity index (χ2v) is 5.09. The summed E-state index contributed by atoms with van der Waals surface area (Å²) >= 11 is 0. The molecule has 0 spiro atoms. The van der Waals surface area contributed by atoms with Gasteiger partial charge in [-0.1, -0.05) is 24.3 Å². The number of aromatic nitrogens is 2. The van der Waals surface area contributed by atoms with Gasteiger partial charge >= 0.3 is 17.4 Å². The summed E-state index contributed by atoms with van der Waals surface area (Å²) in [6, 6.07) is 8.16. The summed E-state index contributed by atoms with van der Waals surface area (Å²) in [4.78, 5) is 20.9. The lowest BCUT2D eigenvalue weighted by molar-refractivity contribution is -0.387. The predicted octanol–water partition coefficient (Wildman–Crippen LogP) is 1.96. The van der Waals surface area contributed by atoms with E-state index >= 15 is 0 Å². The molecule has 0 unspecified atom stereocenters. The van der Waals surface area contributed by atoms with Gasteiger partial charge in [-0.15, -0.1) is 0 Å². The van der Waals surface area contributed by atoms with Gasteiger partial charge in [0.15, 0.2) is 0 Å². The first-order valence-corrected chi connectivity index (χ1v) is 7.10. The Morgan fingerprint density at radius 1 is 1.13 bits per heavy atom. The molecule has 8 heteroatoms.